The summed E-state index contributed by atoms with van der Waals surface area (Å²) in [5, 5.41) is 7.32. The molecule has 0 saturated heterocycles. The van der Waals surface area contributed by atoms with E-state index in [9.17, 15) is 3.89 Å². The molecule has 0 saturated carbocycles. The molecule has 0 aromatic heterocycles. The Labute approximate surface area is 95.5 Å². The molecule has 0 unspecified atom stereocenters. The van der Waals surface area contributed by atoms with Gasteiger partial charge in [0.25, 0.3) is 0 Å². The molecule has 0 aliphatic carbocycles. The Morgan fingerprint density at radius 1 is 1.56 bits per heavy atom. The molecule has 0 atom stereocenters. The summed E-state index contributed by atoms with van der Waals surface area (Å²) in [6, 6.07) is 1.75. The fourth-order valence-corrected chi connectivity index (χ4v) is 0.742. The number of nitrogens with zero attached hydrogens (tertiary/aromatic N) is 2. The van der Waals surface area contributed by atoms with Crippen molar-refractivity contribution in [1.29, 1.82) is 5.26 Å². The predicted octanol–water partition coefficient (Wildman–Crippen LogP) is 1.68. The van der Waals surface area contributed by atoms with Gasteiger partial charge in [-0.3, -0.25) is 4.55 Å². The lowest BCUT2D eigenvalue weighted by Crippen LogP contribution is -2.17. The van der Waals surface area contributed by atoms with Gasteiger partial charge in [0, 0.05) is 20.0 Å². The van der Waals surface area contributed by atoms with Crippen LogP contribution in [0.2, 0.25) is 0 Å². The van der Waals surface area contributed by atoms with Crippen LogP contribution in [0.4, 0.5) is 3.89 Å². The quantitative estimate of drug-likeness (QED) is 0.565. The Morgan fingerprint density at radius 2 is 2.00 bits per heavy atom. The lowest BCUT2D eigenvalue weighted by atomic mass is 10.3. The molecule has 0 aromatic rings. The minimum Gasteiger partial charge on any atom is -0.374 e. The normalized spacial score (nSPS) is 12.8. The SMILES string of the molecule is CC#N.CCN1C=CC=CC1.O=S(=O)(O)F. The van der Waals surface area contributed by atoms with E-state index in [-0.39, 0.29) is 0 Å². The second kappa shape index (κ2) is 10.1. The van der Waals surface area contributed by atoms with E-state index in [0.717, 1.165) is 13.1 Å². The minimum absolute atomic E-state index is 1.08. The number of halogens is 1. The Bertz CT molecular complexity index is 349. The van der Waals surface area contributed by atoms with E-state index in [0.29, 0.717) is 0 Å². The number of rotatable bonds is 1. The first-order chi connectivity index (χ1) is 7.35. The van der Waals surface area contributed by atoms with Crippen LogP contribution in [-0.4, -0.2) is 31.0 Å². The van der Waals surface area contributed by atoms with Crippen LogP contribution in [0.3, 0.4) is 0 Å². The highest BCUT2D eigenvalue weighted by atomic mass is 32.3. The second-order valence-electron chi connectivity index (χ2n) is 2.49. The molecule has 5 nitrogen and oxygen atoms in total. The zero-order valence-corrected chi connectivity index (χ0v) is 9.98. The van der Waals surface area contributed by atoms with Gasteiger partial charge in [0.05, 0.1) is 6.07 Å². The van der Waals surface area contributed by atoms with Crippen molar-refractivity contribution < 1.29 is 16.9 Å². The van der Waals surface area contributed by atoms with Crippen LogP contribution in [0, 0.1) is 11.3 Å². The number of hydrogen-bond donors (Lipinski definition) is 1. The van der Waals surface area contributed by atoms with Crippen LogP contribution < -0.4 is 0 Å². The number of allylic oxidation sites excluding steroid dienone is 2. The average molecular weight is 250 g/mol. The number of likely N-dealkylation sites (N-methyl/N-ethyl adjacent to an activating group) is 1. The summed E-state index contributed by atoms with van der Waals surface area (Å²) in [5.41, 5.74) is 0. The molecule has 1 N–H and O–H groups in total. The zero-order valence-electron chi connectivity index (χ0n) is 9.17. The van der Waals surface area contributed by atoms with E-state index < -0.39 is 10.5 Å². The van der Waals surface area contributed by atoms with Crippen molar-refractivity contribution >= 4 is 10.5 Å². The van der Waals surface area contributed by atoms with Crippen molar-refractivity contribution in [2.24, 2.45) is 0 Å². The van der Waals surface area contributed by atoms with Crippen molar-refractivity contribution in [2.45, 2.75) is 13.8 Å². The Morgan fingerprint density at radius 3 is 2.19 bits per heavy atom. The molecule has 1 aliphatic rings. The lowest BCUT2D eigenvalue weighted by Gasteiger charge is -2.16. The predicted molar refractivity (Wildman–Crippen MR) is 59.5 cm³/mol. The number of nitriles is 1. The molecule has 1 heterocycles. The molecule has 16 heavy (non-hydrogen) atoms. The summed E-state index contributed by atoms with van der Waals surface area (Å²) in [6.45, 7) is 5.78. The van der Waals surface area contributed by atoms with Gasteiger partial charge in [-0.2, -0.15) is 13.7 Å². The Kier molecular flexibility index (Phi) is 10.8. The van der Waals surface area contributed by atoms with Crippen molar-refractivity contribution in [2.75, 3.05) is 13.1 Å². The smallest absolute Gasteiger partial charge is 0.374 e. The monoisotopic (exact) mass is 250 g/mol. The molecule has 0 radical (unpaired) electrons. The molecule has 0 fully saturated rings. The summed E-state index contributed by atoms with van der Waals surface area (Å²) >= 11 is 0. The summed E-state index contributed by atoms with van der Waals surface area (Å²) in [7, 11) is -5.17. The molecule has 0 spiro atoms. The van der Waals surface area contributed by atoms with E-state index in [1.54, 1.807) is 6.07 Å². The van der Waals surface area contributed by atoms with Crippen LogP contribution in [0.1, 0.15) is 13.8 Å². The molecule has 7 heteroatoms. The topological polar surface area (TPSA) is 81.4 Å². The minimum atomic E-state index is -5.17. The molecule has 0 bridgehead atoms. The molecule has 0 amide bonds. The van der Waals surface area contributed by atoms with Crippen LogP contribution in [0.15, 0.2) is 24.4 Å². The fourth-order valence-electron chi connectivity index (χ4n) is 0.742. The molecule has 0 aromatic carbocycles. The molecular weight excluding hydrogens is 235 g/mol. The summed E-state index contributed by atoms with van der Waals surface area (Å²) in [4.78, 5) is 2.25. The second-order valence-corrected chi connectivity index (χ2v) is 3.32. The maximum absolute atomic E-state index is 10.2. The Hall–Kier alpha value is -1.39. The maximum Gasteiger partial charge on any atom is 0.435 e. The molecular formula is C9H15FN2O3S. The van der Waals surface area contributed by atoms with Crippen LogP contribution >= 0.6 is 0 Å². The first-order valence-electron chi connectivity index (χ1n) is 4.40. The van der Waals surface area contributed by atoms with Crippen molar-refractivity contribution in [3.63, 3.8) is 0 Å². The highest BCUT2D eigenvalue weighted by molar-refractivity contribution is 7.80. The number of hydrogen-bond acceptors (Lipinski definition) is 4. The highest BCUT2D eigenvalue weighted by Gasteiger charge is 1.91. The third-order valence-corrected chi connectivity index (χ3v) is 1.29. The lowest BCUT2D eigenvalue weighted by molar-refractivity contribution is 0.435. The molecule has 1 aliphatic heterocycles. The van der Waals surface area contributed by atoms with E-state index in [4.69, 9.17) is 18.2 Å². The standard InChI is InChI=1S/C7H11N.C2H3N.FHO3S/c1-2-8-6-4-3-5-7-8;1-2-3;1-5(2,3)4/h3-6H,2,7H2,1H3;1H3;(H,2,3,4). The largest absolute Gasteiger partial charge is 0.435 e. The van der Waals surface area contributed by atoms with Gasteiger partial charge < -0.3 is 4.90 Å². The maximum atomic E-state index is 10.2. The zero-order chi connectivity index (χ0) is 13.0. The van der Waals surface area contributed by atoms with Crippen LogP contribution in [0.5, 0.6) is 0 Å². The Balaban J connectivity index is 0. The summed E-state index contributed by atoms with van der Waals surface area (Å²) in [6.07, 6.45) is 8.41. The third kappa shape index (κ3) is 22.9. The van der Waals surface area contributed by atoms with E-state index in [2.05, 4.69) is 36.3 Å². The van der Waals surface area contributed by atoms with E-state index >= 15 is 0 Å². The van der Waals surface area contributed by atoms with Gasteiger partial charge in [-0.1, -0.05) is 16.0 Å². The summed E-state index contributed by atoms with van der Waals surface area (Å²) < 4.78 is 34.1. The van der Waals surface area contributed by atoms with Crippen molar-refractivity contribution in [3.8, 4) is 6.07 Å². The first kappa shape index (κ1) is 17.0. The van der Waals surface area contributed by atoms with Gasteiger partial charge in [-0.25, -0.2) is 0 Å². The average Bonchev–Trinajstić information content (AvgIpc) is 2.18. The van der Waals surface area contributed by atoms with Gasteiger partial charge >= 0.3 is 10.5 Å². The van der Waals surface area contributed by atoms with Crippen LogP contribution in [-0.2, 0) is 10.5 Å². The van der Waals surface area contributed by atoms with Crippen molar-refractivity contribution in [1.82, 2.24) is 4.90 Å². The highest BCUT2D eigenvalue weighted by Crippen LogP contribution is 1.95. The van der Waals surface area contributed by atoms with Gasteiger partial charge in [0.15, 0.2) is 0 Å². The van der Waals surface area contributed by atoms with Crippen LogP contribution in [0.25, 0.3) is 0 Å². The molecule has 92 valence electrons. The van der Waals surface area contributed by atoms with Gasteiger partial charge in [-0.05, 0) is 19.2 Å². The van der Waals surface area contributed by atoms with Gasteiger partial charge in [-0.15, -0.1) is 0 Å². The van der Waals surface area contributed by atoms with E-state index in [1.165, 1.54) is 6.92 Å². The van der Waals surface area contributed by atoms with E-state index in [1.807, 2.05) is 0 Å². The third-order valence-electron chi connectivity index (χ3n) is 1.29. The van der Waals surface area contributed by atoms with Crippen molar-refractivity contribution in [3.05, 3.63) is 24.4 Å². The van der Waals surface area contributed by atoms with Gasteiger partial charge in [0.2, 0.25) is 0 Å². The van der Waals surface area contributed by atoms with Gasteiger partial charge in [0.1, 0.15) is 0 Å². The fraction of sp³-hybridized carbons (Fsp3) is 0.444. The first-order valence-corrected chi connectivity index (χ1v) is 5.74. The summed E-state index contributed by atoms with van der Waals surface area (Å²) in [5.74, 6) is 0. The molecule has 1 rings (SSSR count).